The van der Waals surface area contributed by atoms with Crippen LogP contribution in [-0.2, 0) is 15.4 Å². The van der Waals surface area contributed by atoms with E-state index < -0.39 is 21.2 Å². The van der Waals surface area contributed by atoms with Crippen molar-refractivity contribution in [1.82, 2.24) is 10.3 Å². The van der Waals surface area contributed by atoms with Crippen molar-refractivity contribution in [1.29, 1.82) is 0 Å². The summed E-state index contributed by atoms with van der Waals surface area (Å²) in [6, 6.07) is 23.4. The Labute approximate surface area is 208 Å². The van der Waals surface area contributed by atoms with E-state index in [1.165, 1.54) is 30.5 Å². The Morgan fingerprint density at radius 3 is 2.22 bits per heavy atom. The number of ether oxygens (including phenoxy) is 1. The van der Waals surface area contributed by atoms with Gasteiger partial charge in [0.15, 0.2) is 9.84 Å². The lowest BCUT2D eigenvalue weighted by Gasteiger charge is -2.39. The van der Waals surface area contributed by atoms with Gasteiger partial charge in [0.05, 0.1) is 11.5 Å². The Morgan fingerprint density at radius 1 is 0.944 bits per heavy atom. The van der Waals surface area contributed by atoms with Crippen molar-refractivity contribution in [3.63, 3.8) is 0 Å². The van der Waals surface area contributed by atoms with E-state index in [1.807, 2.05) is 30.3 Å². The van der Waals surface area contributed by atoms with Gasteiger partial charge >= 0.3 is 0 Å². The lowest BCUT2D eigenvalue weighted by molar-refractivity contribution is 0.0883. The van der Waals surface area contributed by atoms with Gasteiger partial charge in [-0.3, -0.25) is 9.78 Å². The van der Waals surface area contributed by atoms with Crippen LogP contribution in [0.5, 0.6) is 5.75 Å². The molecule has 36 heavy (non-hydrogen) atoms. The monoisotopic (exact) mass is 502 g/mol. The Morgan fingerprint density at radius 2 is 1.58 bits per heavy atom. The number of sulfone groups is 1. The summed E-state index contributed by atoms with van der Waals surface area (Å²) in [5.41, 5.74) is 2.55. The van der Waals surface area contributed by atoms with Gasteiger partial charge in [0, 0.05) is 24.4 Å². The molecule has 0 fully saturated rings. The number of halogens is 1. The molecule has 1 aromatic heterocycles. The van der Waals surface area contributed by atoms with Crippen LogP contribution in [0.2, 0.25) is 0 Å². The lowest BCUT2D eigenvalue weighted by atomic mass is 9.80. The van der Waals surface area contributed by atoms with Gasteiger partial charge in [-0.2, -0.15) is 0 Å². The maximum Gasteiger partial charge on any atom is 0.252 e. The molecule has 2 heterocycles. The number of aromatic nitrogens is 1. The Hall–Kier alpha value is -4.04. The molecule has 6 nitrogen and oxygen atoms in total. The maximum atomic E-state index is 13.4. The third kappa shape index (κ3) is 4.47. The first-order valence-electron chi connectivity index (χ1n) is 11.3. The number of nitrogens with zero attached hydrogens (tertiary/aromatic N) is 1. The number of carbonyl (C=O) groups excluding carboxylic acids is 1. The number of fused-ring (bicyclic) bond motifs is 1. The second-order valence-electron chi connectivity index (χ2n) is 8.69. The molecular formula is C28H23FN2O4S. The van der Waals surface area contributed by atoms with Gasteiger partial charge in [0.2, 0.25) is 0 Å². The first-order valence-corrected chi connectivity index (χ1v) is 13.2. The van der Waals surface area contributed by atoms with E-state index in [2.05, 4.69) is 10.3 Å². The third-order valence-electron chi connectivity index (χ3n) is 6.34. The second kappa shape index (κ2) is 9.20. The number of rotatable bonds is 5. The van der Waals surface area contributed by atoms with Crippen LogP contribution in [-0.4, -0.2) is 32.2 Å². The highest BCUT2D eigenvalue weighted by Crippen LogP contribution is 2.41. The molecule has 1 N–H and O–H groups in total. The number of nitrogens with one attached hydrogen (secondary N) is 1. The third-order valence-corrected chi connectivity index (χ3v) is 7.46. The lowest BCUT2D eigenvalue weighted by Crippen LogP contribution is -2.50. The minimum atomic E-state index is -3.28. The molecule has 5 rings (SSSR count). The molecule has 8 heteroatoms. The van der Waals surface area contributed by atoms with Crippen LogP contribution >= 0.6 is 0 Å². The second-order valence-corrected chi connectivity index (χ2v) is 10.7. The van der Waals surface area contributed by atoms with Crippen LogP contribution in [0.3, 0.4) is 0 Å². The average molecular weight is 503 g/mol. The number of amides is 1. The largest absolute Gasteiger partial charge is 0.491 e. The van der Waals surface area contributed by atoms with Gasteiger partial charge in [-0.05, 0) is 65.2 Å². The molecule has 0 radical (unpaired) electrons. The van der Waals surface area contributed by atoms with Crippen LogP contribution < -0.4 is 10.1 Å². The maximum absolute atomic E-state index is 13.4. The van der Waals surface area contributed by atoms with Crippen molar-refractivity contribution in [3.8, 4) is 16.9 Å². The number of hydrogen-bond donors (Lipinski definition) is 1. The summed E-state index contributed by atoms with van der Waals surface area (Å²) >= 11 is 0. The highest BCUT2D eigenvalue weighted by atomic mass is 32.2. The predicted molar refractivity (Wildman–Crippen MR) is 134 cm³/mol. The molecule has 182 valence electrons. The molecule has 0 spiro atoms. The Bertz CT molecular complexity index is 1520. The molecule has 0 saturated heterocycles. The standard InChI is InChI=1S/C28H23FN2O4S/c1-36(33,34)24-14-8-20(9-15-24)19-4-10-22(11-5-19)28(16-18-35-25-3-2-17-30-26(25)28)31-27(32)21-6-12-23(29)13-7-21/h2-15,17H,16,18H2,1H3,(H,31,32)/t28-/m1/s1. The highest BCUT2D eigenvalue weighted by molar-refractivity contribution is 7.90. The SMILES string of the molecule is CS(=O)(=O)c1ccc(-c2ccc([C@]3(NC(=O)c4ccc(F)cc4)CCOc4cccnc43)cc2)cc1. The molecule has 1 aliphatic heterocycles. The predicted octanol–water partition coefficient (Wildman–Crippen LogP) is 4.75. The Balaban J connectivity index is 1.54. The van der Waals surface area contributed by atoms with E-state index in [1.54, 1.807) is 36.5 Å². The van der Waals surface area contributed by atoms with Gasteiger partial charge in [-0.25, -0.2) is 12.8 Å². The van der Waals surface area contributed by atoms with Crippen LogP contribution in [0.4, 0.5) is 4.39 Å². The van der Waals surface area contributed by atoms with Crippen molar-refractivity contribution in [2.75, 3.05) is 12.9 Å². The molecule has 1 atom stereocenters. The molecule has 4 aromatic rings. The summed E-state index contributed by atoms with van der Waals surface area (Å²) in [6.07, 6.45) is 3.28. The summed E-state index contributed by atoms with van der Waals surface area (Å²) in [5.74, 6) is -0.183. The van der Waals surface area contributed by atoms with E-state index in [0.29, 0.717) is 30.0 Å². The molecule has 0 unspecified atom stereocenters. The van der Waals surface area contributed by atoms with E-state index >= 15 is 0 Å². The van der Waals surface area contributed by atoms with Gasteiger partial charge in [0.1, 0.15) is 22.8 Å². The fourth-order valence-corrected chi connectivity index (χ4v) is 5.07. The topological polar surface area (TPSA) is 85.4 Å². The van der Waals surface area contributed by atoms with Gasteiger partial charge < -0.3 is 10.1 Å². The molecule has 1 aliphatic rings. The number of benzene rings is 3. The van der Waals surface area contributed by atoms with Crippen molar-refractivity contribution >= 4 is 15.7 Å². The Kier molecular flexibility index (Phi) is 6.05. The molecule has 0 aliphatic carbocycles. The van der Waals surface area contributed by atoms with Gasteiger partial charge in [-0.15, -0.1) is 0 Å². The summed E-state index contributed by atoms with van der Waals surface area (Å²) in [6.45, 7) is 0.372. The van der Waals surface area contributed by atoms with Crippen LogP contribution in [0.25, 0.3) is 11.1 Å². The molecular weight excluding hydrogens is 479 g/mol. The summed E-state index contributed by atoms with van der Waals surface area (Å²) in [5, 5.41) is 3.15. The average Bonchev–Trinajstić information content (AvgIpc) is 2.89. The fraction of sp³-hybridized carbons (Fsp3) is 0.143. The van der Waals surface area contributed by atoms with Crippen LogP contribution in [0, 0.1) is 5.82 Å². The minimum Gasteiger partial charge on any atom is -0.491 e. The zero-order valence-corrected chi connectivity index (χ0v) is 20.3. The number of pyridine rings is 1. The van der Waals surface area contributed by atoms with E-state index in [9.17, 15) is 17.6 Å². The smallest absolute Gasteiger partial charge is 0.252 e. The van der Waals surface area contributed by atoms with Crippen LogP contribution in [0.15, 0.2) is 96.0 Å². The van der Waals surface area contributed by atoms with Crippen molar-refractivity contribution in [2.45, 2.75) is 16.9 Å². The summed E-state index contributed by atoms with van der Waals surface area (Å²) in [7, 11) is -3.28. The molecule has 3 aromatic carbocycles. The zero-order valence-electron chi connectivity index (χ0n) is 19.4. The summed E-state index contributed by atoms with van der Waals surface area (Å²) < 4.78 is 42.8. The first-order chi connectivity index (χ1) is 17.3. The number of hydrogen-bond acceptors (Lipinski definition) is 5. The normalized spacial score (nSPS) is 17.1. The van der Waals surface area contributed by atoms with Crippen molar-refractivity contribution < 1.29 is 22.3 Å². The minimum absolute atomic E-state index is 0.259. The fourth-order valence-electron chi connectivity index (χ4n) is 4.44. The molecule has 0 saturated carbocycles. The molecule has 1 amide bonds. The van der Waals surface area contributed by atoms with Gasteiger partial charge in [-0.1, -0.05) is 36.4 Å². The van der Waals surface area contributed by atoms with E-state index in [0.717, 1.165) is 16.7 Å². The quantitative estimate of drug-likeness (QED) is 0.426. The van der Waals surface area contributed by atoms with Crippen molar-refractivity contribution in [3.05, 3.63) is 114 Å². The zero-order chi connectivity index (χ0) is 25.3. The molecule has 0 bridgehead atoms. The van der Waals surface area contributed by atoms with Crippen LogP contribution in [0.1, 0.15) is 28.0 Å². The first kappa shape index (κ1) is 23.7. The number of carbonyl (C=O) groups is 1. The summed E-state index contributed by atoms with van der Waals surface area (Å²) in [4.78, 5) is 18.1. The van der Waals surface area contributed by atoms with E-state index in [4.69, 9.17) is 4.74 Å². The highest BCUT2D eigenvalue weighted by Gasteiger charge is 2.42. The van der Waals surface area contributed by atoms with E-state index in [-0.39, 0.29) is 10.8 Å². The van der Waals surface area contributed by atoms with Gasteiger partial charge in [0.25, 0.3) is 5.91 Å². The van der Waals surface area contributed by atoms with Crippen molar-refractivity contribution in [2.24, 2.45) is 0 Å².